The number of phosphoric acid groups is 2. The molecule has 0 aromatic rings. The number of hydrogen-bond acceptors (Lipinski definition) is 47. The van der Waals surface area contributed by atoms with Crippen LogP contribution in [0.2, 0.25) is 0 Å². The number of ether oxygens (including phenoxy) is 15. The predicted octanol–water partition coefficient (Wildman–Crippen LogP) is -16.9. The van der Waals surface area contributed by atoms with Crippen LogP contribution in [0.4, 0.5) is 0 Å². The van der Waals surface area contributed by atoms with Crippen molar-refractivity contribution < 1.29 is 240 Å². The van der Waals surface area contributed by atoms with Gasteiger partial charge in [-0.1, -0.05) is 0 Å². The summed E-state index contributed by atoms with van der Waals surface area (Å²) in [5, 5.41) is 259. The first-order valence-electron chi connectivity index (χ1n) is 35.7. The number of nitrogens with one attached hydrogen (secondary N) is 3. The van der Waals surface area contributed by atoms with E-state index in [1.807, 2.05) is 0 Å². The van der Waals surface area contributed by atoms with Gasteiger partial charge in [-0.2, -0.15) is 0 Å². The van der Waals surface area contributed by atoms with Crippen molar-refractivity contribution in [1.82, 2.24) is 16.0 Å². The van der Waals surface area contributed by atoms with Crippen molar-refractivity contribution in [3.63, 3.8) is 0 Å². The van der Waals surface area contributed by atoms with Crippen LogP contribution in [0.1, 0.15) is 41.5 Å². The van der Waals surface area contributed by atoms with E-state index in [9.17, 15) is 151 Å². The summed E-state index contributed by atoms with van der Waals surface area (Å²) in [5.41, 5.74) is 0. The van der Waals surface area contributed by atoms with E-state index < -0.39 is 349 Å². The lowest BCUT2D eigenvalue weighted by Gasteiger charge is -2.49. The highest BCUT2D eigenvalue weighted by Crippen LogP contribution is 2.53. The van der Waals surface area contributed by atoms with Crippen molar-refractivity contribution >= 4 is 33.4 Å². The molecule has 9 heterocycles. The number of phosphoric ester groups is 2. The van der Waals surface area contributed by atoms with E-state index in [0.717, 1.165) is 34.6 Å². The van der Waals surface area contributed by atoms with Gasteiger partial charge in [0.05, 0.1) is 58.0 Å². The van der Waals surface area contributed by atoms with Gasteiger partial charge in [0.25, 0.3) is 0 Å². The summed E-state index contributed by atoms with van der Waals surface area (Å²) in [5.74, 6) is -2.77. The highest BCUT2D eigenvalue weighted by Gasteiger charge is 2.61. The summed E-state index contributed by atoms with van der Waals surface area (Å²) in [4.78, 5) is 60.3. The van der Waals surface area contributed by atoms with Gasteiger partial charge in [-0.15, -0.1) is 0 Å². The molecule has 9 aliphatic heterocycles. The number of amides is 3. The fourth-order valence-corrected chi connectivity index (χ4v) is 16.3. The maximum absolute atomic E-state index is 14.2. The molecule has 9 saturated heterocycles. The van der Waals surface area contributed by atoms with Crippen LogP contribution in [-0.4, -0.2) is 461 Å². The van der Waals surface area contributed by atoms with Crippen LogP contribution >= 0.6 is 15.6 Å². The van der Waals surface area contributed by atoms with Crippen LogP contribution in [0.25, 0.3) is 0 Å². The van der Waals surface area contributed by atoms with Crippen LogP contribution in [-0.2, 0) is 113 Å². The zero-order valence-corrected chi connectivity index (χ0v) is 62.9. The Morgan fingerprint density at radius 1 is 0.272 bits per heavy atom. The SMILES string of the molecule is CC(=O)N[C@@H]1[C@H](O[C@H]2[C@H](O)[C@@H](O)[C@@H](O[C@@H]3[C@H](O)[C@@H](O)[C@H](C)O[C@H]3O)O[C@@H]2CO)O[C@H](CO)[C@@H](OP(=O)(O)O[C@@H]2O[C@@H](C)[C@H](O)[C@@H](O)[C@H]2O[C@H]2O[C@H](CO)[C@@H](O[C@@H]3O[C@H](CO)[C@@H](OP(=O)(O)O[C@@H]4O[C@@H](C)[C@H](O)[C@@H](O)[C@H]4O[C@H]4O[C@H](CO)[C@@H](O[C@@H]5O[C@H](CO)[C@@H](O)[C@H](O)[C@@H]5NC(C)=O)[C@H](O)[C@H]4O)[C@H](O)[C@@H]3NC(C)=O)[C@H](O)[C@H]2O)[C@@H]1O. The van der Waals surface area contributed by atoms with Gasteiger partial charge >= 0.3 is 15.6 Å². The third-order valence-corrected chi connectivity index (χ3v) is 22.2. The molecule has 0 saturated carbocycles. The quantitative estimate of drug-likeness (QED) is 0.0309. The number of aliphatic hydroxyl groups is 23. The molecule has 47 atom stereocenters. The summed E-state index contributed by atoms with van der Waals surface area (Å²) < 4.78 is 134. The van der Waals surface area contributed by atoms with Gasteiger partial charge in [0, 0.05) is 20.8 Å². The Kier molecular flexibility index (Phi) is 33.3. The van der Waals surface area contributed by atoms with E-state index in [4.69, 9.17) is 89.1 Å². The lowest BCUT2D eigenvalue weighted by Crippen LogP contribution is -2.68. The molecule has 3 amide bonds. The van der Waals surface area contributed by atoms with Crippen molar-refractivity contribution in [3.05, 3.63) is 0 Å². The molecule has 52 nitrogen and oxygen atoms in total. The Morgan fingerprint density at radius 2 is 0.518 bits per heavy atom. The Labute approximate surface area is 644 Å². The van der Waals surface area contributed by atoms with Gasteiger partial charge in [0.15, 0.2) is 56.6 Å². The molecule has 662 valence electrons. The summed E-state index contributed by atoms with van der Waals surface area (Å²) >= 11 is 0. The third kappa shape index (κ3) is 21.2. The predicted molar refractivity (Wildman–Crippen MR) is 349 cm³/mol. The molecule has 9 fully saturated rings. The standard InChI is InChI=1S/C60H103N3O49P2/c1-13-28(73)35(80)49(52(89)94-13)106-56-41(86)38(83)45(20(8-65)100-56)104-54-26(62-17(5)71)33(78)47(23(11-68)98-54)109-113(90,91)112-60-51(37(82)30(75)15(3)96-60)108-58-43(88)40(85)46(22(10-67)102-58)105-55-27(63-18(6)72)34(79)48(24(12-69)99-55)110-114(92,93)111-59-50(36(81)29(74)14(2)95-59)107-57-42(87)39(84)44(21(9-66)101-57)103-53-25(61-16(4)70)32(77)31(76)19(7-64)97-53/h13-15,19-60,64-69,73-89H,7-12H2,1-6H3,(H,61,70)(H,62,71)(H,63,72)(H,90,91)(H,92,93)/t13-,14-,15-,19+,20+,21+,22+,23+,24+,25-,26-,27-,28-,29-,30-,31+,32+,33+,34+,35+,36+,37+,38+,39+,40+,41+,42+,43+,44+,45+,46+,47+,48+,49+,50+,51+,52+,53-,54-,55-,56+,57+,58+,59-,60-/m0/s1. The van der Waals surface area contributed by atoms with E-state index in [1.54, 1.807) is 0 Å². The Morgan fingerprint density at radius 3 is 0.825 bits per heavy atom. The zero-order chi connectivity index (χ0) is 84.5. The first-order chi connectivity index (χ1) is 53.4. The van der Waals surface area contributed by atoms with Crippen LogP contribution in [0, 0.1) is 0 Å². The maximum Gasteiger partial charge on any atom is 0.475 e. The lowest BCUT2D eigenvalue weighted by molar-refractivity contribution is -0.376. The van der Waals surface area contributed by atoms with Crippen LogP contribution in [0.5, 0.6) is 0 Å². The number of hydrogen-bond donors (Lipinski definition) is 28. The van der Waals surface area contributed by atoms with Gasteiger partial charge < -0.3 is 214 Å². The third-order valence-electron chi connectivity index (χ3n) is 20.3. The molecule has 0 aromatic carbocycles. The molecule has 2 unspecified atom stereocenters. The van der Waals surface area contributed by atoms with Crippen LogP contribution in [0.15, 0.2) is 0 Å². The first-order valence-corrected chi connectivity index (χ1v) is 38.7. The molecule has 0 spiro atoms. The van der Waals surface area contributed by atoms with Gasteiger partial charge in [-0.25, -0.2) is 9.13 Å². The average molecular weight is 1710 g/mol. The molecule has 0 bridgehead atoms. The Bertz CT molecular complexity index is 3190. The summed E-state index contributed by atoms with van der Waals surface area (Å²) in [6.45, 7) is -0.526. The molecule has 28 N–H and O–H groups in total. The minimum atomic E-state index is -5.96. The molecule has 9 aliphatic rings. The fraction of sp³-hybridized carbons (Fsp3) is 0.950. The highest BCUT2D eigenvalue weighted by molar-refractivity contribution is 7.47. The molecule has 54 heteroatoms. The first kappa shape index (κ1) is 95.0. The molecular formula is C60H103N3O49P2. The van der Waals surface area contributed by atoms with Crippen molar-refractivity contribution in [3.8, 4) is 0 Å². The lowest BCUT2D eigenvalue weighted by atomic mass is 9.95. The van der Waals surface area contributed by atoms with E-state index >= 15 is 0 Å². The number of carbonyl (C=O) groups is 3. The second-order valence-corrected chi connectivity index (χ2v) is 31.1. The van der Waals surface area contributed by atoms with Crippen molar-refractivity contribution in [2.75, 3.05) is 39.6 Å². The highest BCUT2D eigenvalue weighted by atomic mass is 31.2. The molecule has 0 aromatic heterocycles. The number of rotatable bonds is 29. The summed E-state index contributed by atoms with van der Waals surface area (Å²) in [6.07, 6.45) is -86.1. The van der Waals surface area contributed by atoms with Gasteiger partial charge in [0.2, 0.25) is 17.7 Å². The molecule has 0 radical (unpaired) electrons. The normalized spacial score (nSPS) is 49.5. The van der Waals surface area contributed by atoms with Crippen molar-refractivity contribution in [2.24, 2.45) is 0 Å². The van der Waals surface area contributed by atoms with Crippen LogP contribution in [0.3, 0.4) is 0 Å². The van der Waals surface area contributed by atoms with E-state index in [-0.39, 0.29) is 0 Å². The van der Waals surface area contributed by atoms with E-state index in [0.29, 0.717) is 0 Å². The van der Waals surface area contributed by atoms with Gasteiger partial charge in [-0.3, -0.25) is 32.5 Å². The van der Waals surface area contributed by atoms with Gasteiger partial charge in [-0.05, 0) is 20.8 Å². The largest absolute Gasteiger partial charge is 0.475 e. The van der Waals surface area contributed by atoms with Crippen molar-refractivity contribution in [1.29, 1.82) is 0 Å². The molecule has 114 heavy (non-hydrogen) atoms. The second kappa shape index (κ2) is 40.0. The summed E-state index contributed by atoms with van der Waals surface area (Å²) in [6, 6.07) is -5.64. The minimum Gasteiger partial charge on any atom is -0.394 e. The fourth-order valence-electron chi connectivity index (χ4n) is 14.2. The smallest absolute Gasteiger partial charge is 0.394 e. The Hall–Kier alpha value is -2.89. The second-order valence-electron chi connectivity index (χ2n) is 28.4. The summed E-state index contributed by atoms with van der Waals surface area (Å²) in [7, 11) is -11.9. The van der Waals surface area contributed by atoms with Crippen molar-refractivity contribution in [2.45, 2.75) is 318 Å². The zero-order valence-electron chi connectivity index (χ0n) is 61.1. The molecule has 0 aliphatic carbocycles. The van der Waals surface area contributed by atoms with Gasteiger partial charge in [0.1, 0.15) is 201 Å². The topological polar surface area (TPSA) is 803 Å². The molecular weight excluding hydrogens is 1610 g/mol. The van der Waals surface area contributed by atoms with E-state index in [2.05, 4.69) is 16.0 Å². The van der Waals surface area contributed by atoms with Crippen LogP contribution < -0.4 is 16.0 Å². The minimum absolute atomic E-state index is 0.782. The average Bonchev–Trinajstić information content (AvgIpc) is 0.773. The molecule has 9 rings (SSSR count). The number of carbonyl (C=O) groups excluding carboxylic acids is 3. The number of aliphatic hydroxyl groups excluding tert-OH is 23. The Balaban J connectivity index is 0.850. The monoisotopic (exact) mass is 1710 g/mol. The maximum atomic E-state index is 14.2. The van der Waals surface area contributed by atoms with E-state index in [1.165, 1.54) is 6.92 Å².